The number of rotatable bonds is 44. The summed E-state index contributed by atoms with van der Waals surface area (Å²) in [5.41, 5.74) is 0. The SMILES string of the molecule is CCCCCCCCCCCCCC/C=C/CCCCCCCCCC(=O)OCC(COCCC(C(=O)[O-])[N+](C)(C)C)OC(=O)CCCCCCCCCCCC. The van der Waals surface area contributed by atoms with Gasteiger partial charge in [0.1, 0.15) is 12.6 Å². The minimum Gasteiger partial charge on any atom is -0.544 e. The highest BCUT2D eigenvalue weighted by Gasteiger charge is 2.25. The van der Waals surface area contributed by atoms with Gasteiger partial charge >= 0.3 is 11.9 Å². The van der Waals surface area contributed by atoms with Crippen LogP contribution in [0.1, 0.15) is 232 Å². The van der Waals surface area contributed by atoms with Crippen LogP contribution in [0.25, 0.3) is 0 Å². The van der Waals surface area contributed by atoms with Gasteiger partial charge in [0.2, 0.25) is 0 Å². The molecule has 0 saturated carbocycles. The zero-order chi connectivity index (χ0) is 42.1. The number of quaternary nitrogens is 1. The molecule has 0 aliphatic rings. The van der Waals surface area contributed by atoms with Gasteiger partial charge in [0, 0.05) is 19.3 Å². The quantitative estimate of drug-likeness (QED) is 0.0261. The van der Waals surface area contributed by atoms with Crippen molar-refractivity contribution >= 4 is 17.9 Å². The molecule has 0 bridgehead atoms. The number of unbranched alkanes of at least 4 members (excludes halogenated alkanes) is 28. The average Bonchev–Trinajstić information content (AvgIpc) is 3.17. The Morgan fingerprint density at radius 3 is 1.26 bits per heavy atom. The van der Waals surface area contributed by atoms with Crippen molar-refractivity contribution in [2.24, 2.45) is 0 Å². The molecule has 8 heteroatoms. The van der Waals surface area contributed by atoms with Crippen molar-refractivity contribution in [1.82, 2.24) is 0 Å². The van der Waals surface area contributed by atoms with Crippen LogP contribution in [0.3, 0.4) is 0 Å². The maximum atomic E-state index is 12.7. The molecule has 0 aromatic rings. The van der Waals surface area contributed by atoms with Crippen LogP contribution in [0.4, 0.5) is 0 Å². The number of esters is 2. The maximum absolute atomic E-state index is 12.7. The summed E-state index contributed by atoms with van der Waals surface area (Å²) in [7, 11) is 5.41. The van der Waals surface area contributed by atoms with Gasteiger partial charge in [0.15, 0.2) is 6.10 Å². The Morgan fingerprint density at radius 1 is 0.509 bits per heavy atom. The fraction of sp³-hybridized carbons (Fsp3) is 0.898. The zero-order valence-corrected chi connectivity index (χ0v) is 38.3. The van der Waals surface area contributed by atoms with E-state index in [1.165, 1.54) is 161 Å². The number of nitrogens with zero attached hydrogens (tertiary/aromatic N) is 1. The highest BCUT2D eigenvalue weighted by atomic mass is 16.6. The van der Waals surface area contributed by atoms with Crippen molar-refractivity contribution in [3.63, 3.8) is 0 Å². The third-order valence-electron chi connectivity index (χ3n) is 11.2. The van der Waals surface area contributed by atoms with Crippen LogP contribution < -0.4 is 5.11 Å². The second-order valence-electron chi connectivity index (χ2n) is 17.7. The van der Waals surface area contributed by atoms with Gasteiger partial charge in [-0.3, -0.25) is 9.59 Å². The standard InChI is InChI=1S/C49H93NO7/c1-6-8-10-12-14-16-18-19-20-21-22-23-24-25-26-27-28-29-30-32-33-35-37-39-47(51)56-44-45(43-55-42-41-46(49(53)54)50(3,4)5)57-48(52)40-38-36-34-31-17-15-13-11-9-7-2/h25-26,45-46H,6-24,27-44H2,1-5H3/b26-25+. The molecule has 0 amide bonds. The van der Waals surface area contributed by atoms with E-state index in [9.17, 15) is 19.5 Å². The molecule has 0 aromatic carbocycles. The summed E-state index contributed by atoms with van der Waals surface area (Å²) in [6.07, 6.45) is 43.9. The van der Waals surface area contributed by atoms with Crippen LogP contribution >= 0.6 is 0 Å². The molecule has 57 heavy (non-hydrogen) atoms. The molecule has 2 unspecified atom stereocenters. The van der Waals surface area contributed by atoms with Crippen LogP contribution in [0.2, 0.25) is 0 Å². The third-order valence-corrected chi connectivity index (χ3v) is 11.2. The molecular formula is C49H93NO7. The molecule has 336 valence electrons. The first-order valence-corrected chi connectivity index (χ1v) is 24.2. The molecule has 0 fully saturated rings. The number of carbonyl (C=O) groups excluding carboxylic acids is 3. The first kappa shape index (κ1) is 55.1. The number of likely N-dealkylation sites (N-methyl/N-ethyl adjacent to an activating group) is 1. The van der Waals surface area contributed by atoms with E-state index in [1.54, 1.807) is 21.1 Å². The summed E-state index contributed by atoms with van der Waals surface area (Å²) in [6, 6.07) is -0.721. The van der Waals surface area contributed by atoms with Crippen LogP contribution in [0.15, 0.2) is 12.2 Å². The maximum Gasteiger partial charge on any atom is 0.306 e. The monoisotopic (exact) mass is 808 g/mol. The smallest absolute Gasteiger partial charge is 0.306 e. The first-order valence-electron chi connectivity index (χ1n) is 24.2. The van der Waals surface area contributed by atoms with E-state index < -0.39 is 18.1 Å². The van der Waals surface area contributed by atoms with E-state index in [4.69, 9.17) is 14.2 Å². The summed E-state index contributed by atoms with van der Waals surface area (Å²) in [5.74, 6) is -1.73. The minimum absolute atomic E-state index is 0.0448. The molecule has 0 rings (SSSR count). The molecule has 0 aliphatic carbocycles. The summed E-state index contributed by atoms with van der Waals surface area (Å²) < 4.78 is 17.2. The fourth-order valence-corrected chi connectivity index (χ4v) is 7.36. The lowest BCUT2D eigenvalue weighted by atomic mass is 10.0. The normalized spacial score (nSPS) is 12.9. The molecule has 0 N–H and O–H groups in total. The Balaban J connectivity index is 4.13. The fourth-order valence-electron chi connectivity index (χ4n) is 7.36. The average molecular weight is 808 g/mol. The third kappa shape index (κ3) is 39.3. The van der Waals surface area contributed by atoms with E-state index in [2.05, 4.69) is 26.0 Å². The number of aliphatic carboxylic acids is 1. The lowest BCUT2D eigenvalue weighted by molar-refractivity contribution is -0.889. The molecule has 0 aliphatic heterocycles. The van der Waals surface area contributed by atoms with Gasteiger partial charge in [-0.15, -0.1) is 0 Å². The van der Waals surface area contributed by atoms with Gasteiger partial charge in [0.05, 0.1) is 40.3 Å². The number of ether oxygens (including phenoxy) is 3. The second kappa shape index (κ2) is 40.8. The topological polar surface area (TPSA) is 102 Å². The van der Waals surface area contributed by atoms with Crippen LogP contribution in [-0.4, -0.2) is 75.5 Å². The lowest BCUT2D eigenvalue weighted by Gasteiger charge is -2.34. The molecule has 0 saturated heterocycles. The molecule has 0 heterocycles. The van der Waals surface area contributed by atoms with Crippen LogP contribution in [0, 0.1) is 0 Å². The number of hydrogen-bond donors (Lipinski definition) is 0. The minimum atomic E-state index is -1.12. The summed E-state index contributed by atoms with van der Waals surface area (Å²) in [4.78, 5) is 36.8. The predicted octanol–water partition coefficient (Wildman–Crippen LogP) is 12.1. The molecule has 0 radical (unpaired) electrons. The van der Waals surface area contributed by atoms with Gasteiger partial charge in [-0.05, 0) is 38.5 Å². The van der Waals surface area contributed by atoms with Crippen LogP contribution in [-0.2, 0) is 28.6 Å². The Bertz CT molecular complexity index is 947. The van der Waals surface area contributed by atoms with Crippen molar-refractivity contribution in [1.29, 1.82) is 0 Å². The van der Waals surface area contributed by atoms with Crippen molar-refractivity contribution in [2.45, 2.75) is 244 Å². The lowest BCUT2D eigenvalue weighted by Crippen LogP contribution is -2.55. The highest BCUT2D eigenvalue weighted by molar-refractivity contribution is 5.70. The largest absolute Gasteiger partial charge is 0.544 e. The summed E-state index contributed by atoms with van der Waals surface area (Å²) >= 11 is 0. The Kier molecular flexibility index (Phi) is 39.4. The van der Waals surface area contributed by atoms with E-state index in [0.29, 0.717) is 12.8 Å². The van der Waals surface area contributed by atoms with Crippen LogP contribution in [0.5, 0.6) is 0 Å². The zero-order valence-electron chi connectivity index (χ0n) is 38.3. The number of hydrogen-bond acceptors (Lipinski definition) is 7. The number of carbonyl (C=O) groups is 3. The molecule has 8 nitrogen and oxygen atoms in total. The number of carboxylic acid groups (broad SMARTS) is 1. The van der Waals surface area contributed by atoms with E-state index in [-0.39, 0.29) is 42.7 Å². The van der Waals surface area contributed by atoms with E-state index in [1.807, 2.05) is 0 Å². The summed E-state index contributed by atoms with van der Waals surface area (Å²) in [6.45, 7) is 4.67. The molecule has 2 atom stereocenters. The Morgan fingerprint density at radius 2 is 0.877 bits per heavy atom. The van der Waals surface area contributed by atoms with Gasteiger partial charge in [-0.25, -0.2) is 0 Å². The van der Waals surface area contributed by atoms with Gasteiger partial charge in [0.25, 0.3) is 0 Å². The van der Waals surface area contributed by atoms with E-state index >= 15 is 0 Å². The van der Waals surface area contributed by atoms with Crippen molar-refractivity contribution < 1.29 is 38.2 Å². The first-order chi connectivity index (χ1) is 27.6. The van der Waals surface area contributed by atoms with E-state index in [0.717, 1.165) is 38.5 Å². The van der Waals surface area contributed by atoms with Gasteiger partial charge in [-0.2, -0.15) is 0 Å². The Labute approximate surface area is 352 Å². The highest BCUT2D eigenvalue weighted by Crippen LogP contribution is 2.15. The van der Waals surface area contributed by atoms with Crippen molar-refractivity contribution in [3.05, 3.63) is 12.2 Å². The van der Waals surface area contributed by atoms with Crippen molar-refractivity contribution in [2.75, 3.05) is 41.0 Å². The number of allylic oxidation sites excluding steroid dienone is 2. The number of carboxylic acids is 1. The van der Waals surface area contributed by atoms with Gasteiger partial charge in [-0.1, -0.05) is 187 Å². The molecule has 0 aromatic heterocycles. The summed E-state index contributed by atoms with van der Waals surface area (Å²) in [5, 5.41) is 11.6. The molecule has 0 spiro atoms. The molecular weight excluding hydrogens is 715 g/mol. The second-order valence-corrected chi connectivity index (χ2v) is 17.7. The predicted molar refractivity (Wildman–Crippen MR) is 236 cm³/mol. The van der Waals surface area contributed by atoms with Crippen molar-refractivity contribution in [3.8, 4) is 0 Å². The Hall–Kier alpha value is -1.93. The van der Waals surface area contributed by atoms with Gasteiger partial charge < -0.3 is 28.6 Å².